The zero-order valence-corrected chi connectivity index (χ0v) is 27.1. The fourth-order valence-corrected chi connectivity index (χ4v) is 7.00. The summed E-state index contributed by atoms with van der Waals surface area (Å²) < 4.78 is 37.2. The molecule has 0 spiro atoms. The van der Waals surface area contributed by atoms with Gasteiger partial charge in [-0.25, -0.2) is 4.39 Å². The fourth-order valence-electron chi connectivity index (χ4n) is 7.00. The van der Waals surface area contributed by atoms with Gasteiger partial charge in [0.15, 0.2) is 23.0 Å². The number of rotatable bonds is 13. The van der Waals surface area contributed by atoms with E-state index in [1.807, 2.05) is 23.2 Å². The third-order valence-electron chi connectivity index (χ3n) is 9.45. The quantitative estimate of drug-likeness (QED) is 0.267. The van der Waals surface area contributed by atoms with Crippen LogP contribution in [-0.2, 0) is 0 Å². The van der Waals surface area contributed by atoms with Crippen LogP contribution in [0.3, 0.4) is 0 Å². The summed E-state index contributed by atoms with van der Waals surface area (Å²) in [5, 5.41) is 3.31. The first-order valence-electron chi connectivity index (χ1n) is 16.6. The number of carbonyl (C=O) groups is 2. The molecule has 4 atom stereocenters. The van der Waals surface area contributed by atoms with Crippen LogP contribution < -0.4 is 24.3 Å². The minimum absolute atomic E-state index is 0.00144. The van der Waals surface area contributed by atoms with Crippen LogP contribution in [0.15, 0.2) is 29.3 Å². The van der Waals surface area contributed by atoms with E-state index in [0.717, 1.165) is 51.5 Å². The van der Waals surface area contributed by atoms with E-state index >= 15 is 0 Å². The summed E-state index contributed by atoms with van der Waals surface area (Å²) in [5.41, 5.74) is 2.39. The van der Waals surface area contributed by atoms with Gasteiger partial charge >= 0.3 is 0 Å². The van der Waals surface area contributed by atoms with Crippen LogP contribution in [0.1, 0.15) is 79.0 Å². The average molecular weight is 637 g/mol. The number of ether oxygens (including phenoxy) is 4. The van der Waals surface area contributed by atoms with Gasteiger partial charge in [-0.15, -0.1) is 0 Å². The highest BCUT2D eigenvalue weighted by molar-refractivity contribution is 6.03. The van der Waals surface area contributed by atoms with Crippen LogP contribution in [0.5, 0.6) is 23.0 Å². The molecule has 0 aliphatic carbocycles. The van der Waals surface area contributed by atoms with Crippen molar-refractivity contribution in [3.05, 3.63) is 35.4 Å². The molecule has 0 unspecified atom stereocenters. The standard InChI is InChI=1S/C35H45FN4O6/c1-22-12-24-18-37-28-16-32(30(43-2)14-26(28)34(41)39(24)20-22)45-10-8-6-4-5-7-9-11-46-33-17-29-27(15-31(33)44-3)35(42)40-21-23(36)13-25(40)19-38-29/h14-18,22-25,38H,4-13,19-21H2,1-3H3/t22-,23-,24-,25-/m0/s1. The monoisotopic (exact) mass is 636 g/mol. The Hall–Kier alpha value is -4.02. The van der Waals surface area contributed by atoms with Gasteiger partial charge in [-0.1, -0.05) is 32.6 Å². The summed E-state index contributed by atoms with van der Waals surface area (Å²) in [6, 6.07) is 7.02. The highest BCUT2D eigenvalue weighted by Crippen LogP contribution is 2.39. The molecule has 1 N–H and O–H groups in total. The molecule has 2 aromatic rings. The number of fused-ring (bicyclic) bond motifs is 4. The SMILES string of the molecule is COc1cc2c(cc1OCCCCCCCCOc1cc3c(cc1OC)C(=O)N1C[C@@H](F)C[C@H]1CN3)N=C[C@@H]1C[C@H](C)CN1C2=O. The Bertz CT molecular complexity index is 1470. The van der Waals surface area contributed by atoms with E-state index in [2.05, 4.69) is 17.2 Å². The summed E-state index contributed by atoms with van der Waals surface area (Å²) in [7, 11) is 3.15. The van der Waals surface area contributed by atoms with Gasteiger partial charge < -0.3 is 34.1 Å². The molecule has 2 amide bonds. The Morgan fingerprint density at radius 2 is 1.43 bits per heavy atom. The van der Waals surface area contributed by atoms with Gasteiger partial charge in [-0.05, 0) is 37.3 Å². The maximum absolute atomic E-state index is 13.9. The zero-order chi connectivity index (χ0) is 32.2. The van der Waals surface area contributed by atoms with Crippen molar-refractivity contribution in [2.24, 2.45) is 10.9 Å². The Labute approximate surface area is 270 Å². The minimum Gasteiger partial charge on any atom is -0.493 e. The number of nitrogens with one attached hydrogen (secondary N) is 1. The van der Waals surface area contributed by atoms with Crippen molar-refractivity contribution >= 4 is 29.4 Å². The number of nitrogens with zero attached hydrogens (tertiary/aromatic N) is 3. The van der Waals surface area contributed by atoms with Crippen molar-refractivity contribution in [2.75, 3.05) is 52.4 Å². The lowest BCUT2D eigenvalue weighted by Crippen LogP contribution is -2.37. The second-order valence-corrected chi connectivity index (χ2v) is 12.9. The van der Waals surface area contributed by atoms with Gasteiger partial charge in [-0.3, -0.25) is 14.6 Å². The molecule has 248 valence electrons. The lowest BCUT2D eigenvalue weighted by molar-refractivity contribution is 0.0740. The van der Waals surface area contributed by atoms with E-state index in [9.17, 15) is 14.0 Å². The summed E-state index contributed by atoms with van der Waals surface area (Å²) >= 11 is 0. The van der Waals surface area contributed by atoms with E-state index in [4.69, 9.17) is 18.9 Å². The van der Waals surface area contributed by atoms with Crippen molar-refractivity contribution in [3.63, 3.8) is 0 Å². The number of halogens is 1. The van der Waals surface area contributed by atoms with Gasteiger partial charge in [0.25, 0.3) is 11.8 Å². The van der Waals surface area contributed by atoms with Gasteiger partial charge in [0.05, 0.1) is 68.6 Å². The lowest BCUT2D eigenvalue weighted by Gasteiger charge is -2.21. The number of aliphatic imine (C=N–C) groups is 1. The third-order valence-corrected chi connectivity index (χ3v) is 9.45. The van der Waals surface area contributed by atoms with Gasteiger partial charge in [-0.2, -0.15) is 0 Å². The molecule has 6 rings (SSSR count). The van der Waals surface area contributed by atoms with Crippen LogP contribution in [-0.4, -0.2) is 93.2 Å². The minimum atomic E-state index is -0.976. The molecule has 0 bridgehead atoms. The van der Waals surface area contributed by atoms with Crippen molar-refractivity contribution in [3.8, 4) is 23.0 Å². The number of alkyl halides is 1. The van der Waals surface area contributed by atoms with E-state index in [1.165, 1.54) is 0 Å². The van der Waals surface area contributed by atoms with Crippen LogP contribution >= 0.6 is 0 Å². The Morgan fingerprint density at radius 3 is 2.13 bits per heavy atom. The Kier molecular flexibility index (Phi) is 9.84. The van der Waals surface area contributed by atoms with E-state index in [0.29, 0.717) is 77.6 Å². The number of hydrogen-bond acceptors (Lipinski definition) is 8. The Morgan fingerprint density at radius 1 is 0.804 bits per heavy atom. The molecule has 2 aromatic carbocycles. The molecule has 0 aromatic heterocycles. The normalized spacial score (nSPS) is 23.1. The van der Waals surface area contributed by atoms with E-state index < -0.39 is 6.17 Å². The van der Waals surface area contributed by atoms with Crippen molar-refractivity contribution in [1.29, 1.82) is 0 Å². The molecular weight excluding hydrogens is 591 g/mol. The second kappa shape index (κ2) is 14.2. The first kappa shape index (κ1) is 31.9. The number of methoxy groups -OCH3 is 2. The first-order valence-corrected chi connectivity index (χ1v) is 16.6. The van der Waals surface area contributed by atoms with Crippen LogP contribution in [0.25, 0.3) is 0 Å². The topological polar surface area (TPSA) is 102 Å². The highest BCUT2D eigenvalue weighted by atomic mass is 19.1. The molecule has 4 aliphatic rings. The summed E-state index contributed by atoms with van der Waals surface area (Å²) in [6.07, 6.45) is 8.28. The fraction of sp³-hybridized carbons (Fsp3) is 0.571. The molecule has 0 saturated carbocycles. The van der Waals surface area contributed by atoms with Crippen LogP contribution in [0.2, 0.25) is 0 Å². The van der Waals surface area contributed by atoms with Crippen LogP contribution in [0, 0.1) is 5.92 Å². The predicted octanol–water partition coefficient (Wildman–Crippen LogP) is 6.05. The largest absolute Gasteiger partial charge is 0.493 e. The lowest BCUT2D eigenvalue weighted by atomic mass is 10.1. The van der Waals surface area contributed by atoms with Gasteiger partial charge in [0, 0.05) is 37.9 Å². The molecule has 46 heavy (non-hydrogen) atoms. The number of benzene rings is 2. The Balaban J connectivity index is 0.913. The maximum atomic E-state index is 13.9. The molecule has 2 fully saturated rings. The third kappa shape index (κ3) is 6.73. The zero-order valence-electron chi connectivity index (χ0n) is 27.1. The number of unbranched alkanes of at least 4 members (excludes halogenated alkanes) is 5. The first-order chi connectivity index (χ1) is 22.4. The van der Waals surface area contributed by atoms with E-state index in [1.54, 1.807) is 31.3 Å². The summed E-state index contributed by atoms with van der Waals surface area (Å²) in [5.74, 6) is 2.57. The van der Waals surface area contributed by atoms with Gasteiger partial charge in [0.1, 0.15) is 6.17 Å². The molecule has 10 nitrogen and oxygen atoms in total. The molecule has 0 radical (unpaired) electrons. The van der Waals surface area contributed by atoms with Crippen molar-refractivity contribution in [1.82, 2.24) is 9.80 Å². The number of hydrogen-bond donors (Lipinski definition) is 1. The van der Waals surface area contributed by atoms with E-state index in [-0.39, 0.29) is 30.4 Å². The highest BCUT2D eigenvalue weighted by Gasteiger charge is 2.39. The smallest absolute Gasteiger partial charge is 0.256 e. The average Bonchev–Trinajstić information content (AvgIpc) is 3.56. The van der Waals surface area contributed by atoms with Crippen molar-refractivity contribution in [2.45, 2.75) is 76.5 Å². The predicted molar refractivity (Wildman–Crippen MR) is 174 cm³/mol. The number of carbonyl (C=O) groups excluding carboxylic acids is 2. The molecule has 4 aliphatic heterocycles. The number of amides is 2. The molecule has 2 saturated heterocycles. The molecule has 11 heteroatoms. The van der Waals surface area contributed by atoms with Gasteiger partial charge in [0.2, 0.25) is 0 Å². The van der Waals surface area contributed by atoms with Crippen molar-refractivity contribution < 1.29 is 32.9 Å². The molecular formula is C35H45FN4O6. The molecule has 4 heterocycles. The van der Waals surface area contributed by atoms with Crippen LogP contribution in [0.4, 0.5) is 15.8 Å². The number of anilines is 1. The second-order valence-electron chi connectivity index (χ2n) is 12.9. The maximum Gasteiger partial charge on any atom is 0.256 e. The summed E-state index contributed by atoms with van der Waals surface area (Å²) in [4.78, 5) is 34.4. The summed E-state index contributed by atoms with van der Waals surface area (Å²) in [6.45, 7) is 4.67.